The molecule has 0 saturated heterocycles. The molecule has 0 spiro atoms. The van der Waals surface area contributed by atoms with Gasteiger partial charge in [-0.1, -0.05) is 25.7 Å². The van der Waals surface area contributed by atoms with Crippen LogP contribution in [0.1, 0.15) is 51.9 Å². The van der Waals surface area contributed by atoms with Crippen LogP contribution in [0.15, 0.2) is 0 Å². The number of carbonyl (C=O) groups excluding carboxylic acids is 1. The van der Waals surface area contributed by atoms with Gasteiger partial charge in [-0.05, 0) is 19.8 Å². The van der Waals surface area contributed by atoms with Crippen LogP contribution >= 0.6 is 0 Å². The van der Waals surface area contributed by atoms with Crippen molar-refractivity contribution in [3.63, 3.8) is 0 Å². The molecule has 0 aromatic carbocycles. The average molecular weight is 212 g/mol. The molecular weight excluding hydrogens is 188 g/mol. The van der Waals surface area contributed by atoms with Crippen LogP contribution < -0.4 is 5.73 Å². The lowest BCUT2D eigenvalue weighted by molar-refractivity contribution is -0.132. The van der Waals surface area contributed by atoms with E-state index in [0.717, 1.165) is 0 Å². The van der Waals surface area contributed by atoms with E-state index in [0.29, 0.717) is 12.5 Å². The van der Waals surface area contributed by atoms with Crippen molar-refractivity contribution < 1.29 is 4.79 Å². The van der Waals surface area contributed by atoms with Crippen molar-refractivity contribution in [3.05, 3.63) is 0 Å². The van der Waals surface area contributed by atoms with E-state index in [9.17, 15) is 4.79 Å². The van der Waals surface area contributed by atoms with Gasteiger partial charge in [0, 0.05) is 25.6 Å². The Kier molecular flexibility index (Phi) is 5.09. The summed E-state index contributed by atoms with van der Waals surface area (Å²) in [4.78, 5) is 13.7. The van der Waals surface area contributed by atoms with E-state index in [1.54, 1.807) is 0 Å². The molecule has 1 amide bonds. The Balaban J connectivity index is 2.42. The molecule has 1 saturated carbocycles. The number of amides is 1. The SMILES string of the molecule is CC(N)CC(=O)N(C)C1CCCCCC1. The number of carbonyl (C=O) groups is 1. The molecule has 1 aliphatic carbocycles. The number of hydrogen-bond acceptors (Lipinski definition) is 2. The van der Waals surface area contributed by atoms with E-state index in [1.165, 1.54) is 38.5 Å². The fourth-order valence-electron chi connectivity index (χ4n) is 2.27. The highest BCUT2D eigenvalue weighted by Gasteiger charge is 2.21. The average Bonchev–Trinajstić information content (AvgIpc) is 2.43. The summed E-state index contributed by atoms with van der Waals surface area (Å²) >= 11 is 0. The van der Waals surface area contributed by atoms with Crippen molar-refractivity contribution in [3.8, 4) is 0 Å². The summed E-state index contributed by atoms with van der Waals surface area (Å²) in [5, 5.41) is 0. The van der Waals surface area contributed by atoms with Gasteiger partial charge in [-0.3, -0.25) is 4.79 Å². The molecule has 2 N–H and O–H groups in total. The molecule has 1 atom stereocenters. The largest absolute Gasteiger partial charge is 0.343 e. The Morgan fingerprint density at radius 3 is 2.33 bits per heavy atom. The van der Waals surface area contributed by atoms with Gasteiger partial charge in [-0.2, -0.15) is 0 Å². The van der Waals surface area contributed by atoms with Crippen molar-refractivity contribution in [2.75, 3.05) is 7.05 Å². The number of hydrogen-bond donors (Lipinski definition) is 1. The van der Waals surface area contributed by atoms with Gasteiger partial charge in [0.1, 0.15) is 0 Å². The van der Waals surface area contributed by atoms with E-state index in [-0.39, 0.29) is 11.9 Å². The summed E-state index contributed by atoms with van der Waals surface area (Å²) in [6, 6.07) is 0.435. The van der Waals surface area contributed by atoms with Crippen LogP contribution in [0.5, 0.6) is 0 Å². The van der Waals surface area contributed by atoms with Crippen LogP contribution in [0, 0.1) is 0 Å². The van der Waals surface area contributed by atoms with Crippen LogP contribution in [-0.2, 0) is 4.79 Å². The van der Waals surface area contributed by atoms with Crippen molar-refractivity contribution in [1.29, 1.82) is 0 Å². The van der Waals surface area contributed by atoms with Gasteiger partial charge >= 0.3 is 0 Å². The third-order valence-electron chi connectivity index (χ3n) is 3.26. The number of rotatable bonds is 3. The van der Waals surface area contributed by atoms with Crippen molar-refractivity contribution in [2.24, 2.45) is 5.73 Å². The summed E-state index contributed by atoms with van der Waals surface area (Å²) in [5.41, 5.74) is 5.64. The first-order valence-corrected chi connectivity index (χ1v) is 6.12. The molecule has 0 heterocycles. The third kappa shape index (κ3) is 4.20. The van der Waals surface area contributed by atoms with Gasteiger partial charge in [0.25, 0.3) is 0 Å². The van der Waals surface area contributed by atoms with E-state index in [4.69, 9.17) is 5.73 Å². The van der Waals surface area contributed by atoms with E-state index in [1.807, 2.05) is 18.9 Å². The van der Waals surface area contributed by atoms with Crippen molar-refractivity contribution >= 4 is 5.91 Å². The maximum absolute atomic E-state index is 11.8. The lowest BCUT2D eigenvalue weighted by atomic mass is 10.1. The highest BCUT2D eigenvalue weighted by atomic mass is 16.2. The number of nitrogens with zero attached hydrogens (tertiary/aromatic N) is 1. The van der Waals surface area contributed by atoms with Gasteiger partial charge in [0.2, 0.25) is 5.91 Å². The predicted octanol–water partition coefficient (Wildman–Crippen LogP) is 1.90. The molecule has 15 heavy (non-hydrogen) atoms. The molecular formula is C12H24N2O. The maximum atomic E-state index is 11.8. The molecule has 0 aliphatic heterocycles. The molecule has 0 bridgehead atoms. The molecule has 1 aliphatic rings. The van der Waals surface area contributed by atoms with Crippen molar-refractivity contribution in [1.82, 2.24) is 4.90 Å². The van der Waals surface area contributed by atoms with Crippen LogP contribution in [0.4, 0.5) is 0 Å². The quantitative estimate of drug-likeness (QED) is 0.726. The predicted molar refractivity (Wildman–Crippen MR) is 62.5 cm³/mol. The summed E-state index contributed by atoms with van der Waals surface area (Å²) in [6.45, 7) is 1.89. The molecule has 0 aromatic rings. The lowest BCUT2D eigenvalue weighted by Crippen LogP contribution is -2.39. The molecule has 1 unspecified atom stereocenters. The minimum atomic E-state index is -0.0225. The Morgan fingerprint density at radius 2 is 1.87 bits per heavy atom. The Labute approximate surface area is 93.0 Å². The Bertz CT molecular complexity index is 196. The summed E-state index contributed by atoms with van der Waals surface area (Å²) in [5.74, 6) is 0.205. The molecule has 1 rings (SSSR count). The fourth-order valence-corrected chi connectivity index (χ4v) is 2.27. The second-order valence-corrected chi connectivity index (χ2v) is 4.83. The first-order chi connectivity index (χ1) is 7.11. The van der Waals surface area contributed by atoms with Crippen molar-refractivity contribution in [2.45, 2.75) is 64.0 Å². The van der Waals surface area contributed by atoms with Gasteiger partial charge in [-0.15, -0.1) is 0 Å². The van der Waals surface area contributed by atoms with Crippen LogP contribution in [-0.4, -0.2) is 29.9 Å². The highest BCUT2D eigenvalue weighted by molar-refractivity contribution is 5.76. The van der Waals surface area contributed by atoms with Gasteiger partial charge in [0.05, 0.1) is 0 Å². The summed E-state index contributed by atoms with van der Waals surface area (Å²) in [6.07, 6.45) is 7.99. The zero-order valence-corrected chi connectivity index (χ0v) is 10.0. The molecule has 1 fully saturated rings. The summed E-state index contributed by atoms with van der Waals surface area (Å²) in [7, 11) is 1.93. The second kappa shape index (κ2) is 6.11. The lowest BCUT2D eigenvalue weighted by Gasteiger charge is -2.27. The molecule has 88 valence electrons. The van der Waals surface area contributed by atoms with Gasteiger partial charge in [0.15, 0.2) is 0 Å². The van der Waals surface area contributed by atoms with Crippen LogP contribution in [0.2, 0.25) is 0 Å². The summed E-state index contributed by atoms with van der Waals surface area (Å²) < 4.78 is 0. The smallest absolute Gasteiger partial charge is 0.224 e. The monoisotopic (exact) mass is 212 g/mol. The zero-order valence-electron chi connectivity index (χ0n) is 10.0. The molecule has 0 radical (unpaired) electrons. The first-order valence-electron chi connectivity index (χ1n) is 6.12. The normalized spacial score (nSPS) is 20.7. The zero-order chi connectivity index (χ0) is 11.3. The maximum Gasteiger partial charge on any atom is 0.224 e. The Hall–Kier alpha value is -0.570. The second-order valence-electron chi connectivity index (χ2n) is 4.83. The first kappa shape index (κ1) is 12.5. The molecule has 0 aromatic heterocycles. The fraction of sp³-hybridized carbons (Fsp3) is 0.917. The molecule has 3 nitrogen and oxygen atoms in total. The van der Waals surface area contributed by atoms with Gasteiger partial charge in [-0.25, -0.2) is 0 Å². The van der Waals surface area contributed by atoms with E-state index < -0.39 is 0 Å². The highest BCUT2D eigenvalue weighted by Crippen LogP contribution is 2.21. The molecule has 3 heteroatoms. The minimum Gasteiger partial charge on any atom is -0.343 e. The standard InChI is InChI=1S/C12H24N2O/c1-10(13)9-12(15)14(2)11-7-5-3-4-6-8-11/h10-11H,3-9,13H2,1-2H3. The van der Waals surface area contributed by atoms with E-state index >= 15 is 0 Å². The van der Waals surface area contributed by atoms with Gasteiger partial charge < -0.3 is 10.6 Å². The topological polar surface area (TPSA) is 46.3 Å². The third-order valence-corrected chi connectivity index (χ3v) is 3.26. The van der Waals surface area contributed by atoms with Crippen LogP contribution in [0.25, 0.3) is 0 Å². The minimum absolute atomic E-state index is 0.0225. The van der Waals surface area contributed by atoms with Crippen LogP contribution in [0.3, 0.4) is 0 Å². The Morgan fingerprint density at radius 1 is 1.33 bits per heavy atom. The number of nitrogens with two attached hydrogens (primary N) is 1. The van der Waals surface area contributed by atoms with E-state index in [2.05, 4.69) is 0 Å².